The van der Waals surface area contributed by atoms with Gasteiger partial charge in [-0.2, -0.15) is 0 Å². The number of rotatable bonds is 4. The number of nitrogens with zero attached hydrogens (tertiary/aromatic N) is 2. The molecule has 0 unspecified atom stereocenters. The van der Waals surface area contributed by atoms with Crippen molar-refractivity contribution in [2.24, 2.45) is 0 Å². The SMILES string of the molecule is O=C(Cc1ccc(Br)cn1)C1(N2CCCC2)CCCC1. The largest absolute Gasteiger partial charge is 0.297 e. The fourth-order valence-corrected chi connectivity index (χ4v) is 3.95. The maximum Gasteiger partial charge on any atom is 0.159 e. The van der Waals surface area contributed by atoms with E-state index >= 15 is 0 Å². The third-order valence-electron chi connectivity index (χ3n) is 4.79. The van der Waals surface area contributed by atoms with E-state index in [1.165, 1.54) is 25.7 Å². The van der Waals surface area contributed by atoms with Gasteiger partial charge in [0.1, 0.15) is 0 Å². The van der Waals surface area contributed by atoms with E-state index in [9.17, 15) is 4.79 Å². The molecule has 0 bridgehead atoms. The highest BCUT2D eigenvalue weighted by Crippen LogP contribution is 2.38. The molecule has 0 spiro atoms. The van der Waals surface area contributed by atoms with Crippen molar-refractivity contribution >= 4 is 21.7 Å². The number of hydrogen-bond donors (Lipinski definition) is 0. The zero-order valence-electron chi connectivity index (χ0n) is 11.8. The van der Waals surface area contributed by atoms with E-state index in [1.807, 2.05) is 12.1 Å². The van der Waals surface area contributed by atoms with Gasteiger partial charge in [0.15, 0.2) is 5.78 Å². The standard InChI is InChI=1S/C16H21BrN2O/c17-13-5-6-14(18-12-13)11-15(20)16(7-1-2-8-16)19-9-3-4-10-19/h5-6,12H,1-4,7-11H2. The summed E-state index contributed by atoms with van der Waals surface area (Å²) < 4.78 is 0.962. The van der Waals surface area contributed by atoms with Crippen molar-refractivity contribution in [2.45, 2.75) is 50.5 Å². The number of pyridine rings is 1. The summed E-state index contributed by atoms with van der Waals surface area (Å²) in [6.07, 6.45) is 9.21. The molecule has 0 N–H and O–H groups in total. The number of likely N-dealkylation sites (tertiary alicyclic amines) is 1. The Balaban J connectivity index is 1.77. The summed E-state index contributed by atoms with van der Waals surface area (Å²) in [6, 6.07) is 3.92. The minimum atomic E-state index is -0.175. The fraction of sp³-hybridized carbons (Fsp3) is 0.625. The summed E-state index contributed by atoms with van der Waals surface area (Å²) in [5.41, 5.74) is 0.717. The van der Waals surface area contributed by atoms with E-state index in [1.54, 1.807) is 6.20 Å². The van der Waals surface area contributed by atoms with Gasteiger partial charge >= 0.3 is 0 Å². The molecule has 0 radical (unpaired) electrons. The lowest BCUT2D eigenvalue weighted by molar-refractivity contribution is -0.129. The van der Waals surface area contributed by atoms with Gasteiger partial charge in [0.05, 0.1) is 12.0 Å². The van der Waals surface area contributed by atoms with Gasteiger partial charge in [-0.25, -0.2) is 0 Å². The van der Waals surface area contributed by atoms with Crippen LogP contribution in [-0.4, -0.2) is 34.3 Å². The summed E-state index contributed by atoms with van der Waals surface area (Å²) in [7, 11) is 0. The van der Waals surface area contributed by atoms with Gasteiger partial charge in [0.25, 0.3) is 0 Å². The van der Waals surface area contributed by atoms with Crippen molar-refractivity contribution in [3.63, 3.8) is 0 Å². The molecule has 0 amide bonds. The Morgan fingerprint density at radius 3 is 2.50 bits per heavy atom. The molecule has 2 aliphatic rings. The van der Waals surface area contributed by atoms with Gasteiger partial charge in [-0.05, 0) is 66.8 Å². The highest BCUT2D eigenvalue weighted by Gasteiger charge is 2.46. The normalized spacial score (nSPS) is 22.2. The van der Waals surface area contributed by atoms with Crippen LogP contribution in [0.4, 0.5) is 0 Å². The predicted octanol–water partition coefficient (Wildman–Crippen LogP) is 3.36. The molecule has 0 atom stereocenters. The van der Waals surface area contributed by atoms with Crippen LogP contribution in [0.25, 0.3) is 0 Å². The van der Waals surface area contributed by atoms with Gasteiger partial charge in [-0.3, -0.25) is 14.7 Å². The molecular formula is C16H21BrN2O. The molecule has 1 aromatic rings. The predicted molar refractivity (Wildman–Crippen MR) is 82.7 cm³/mol. The zero-order chi connectivity index (χ0) is 14.0. The average molecular weight is 337 g/mol. The summed E-state index contributed by atoms with van der Waals surface area (Å²) >= 11 is 3.39. The summed E-state index contributed by atoms with van der Waals surface area (Å²) in [5, 5.41) is 0. The number of aromatic nitrogens is 1. The van der Waals surface area contributed by atoms with Crippen LogP contribution in [0.2, 0.25) is 0 Å². The summed E-state index contributed by atoms with van der Waals surface area (Å²) in [6.45, 7) is 2.19. The fourth-order valence-electron chi connectivity index (χ4n) is 3.72. The molecule has 108 valence electrons. The lowest BCUT2D eigenvalue weighted by atomic mass is 9.87. The third kappa shape index (κ3) is 2.68. The topological polar surface area (TPSA) is 33.2 Å². The van der Waals surface area contributed by atoms with Crippen molar-refractivity contribution in [1.82, 2.24) is 9.88 Å². The second kappa shape index (κ2) is 5.94. The molecule has 1 saturated carbocycles. The molecule has 1 aliphatic carbocycles. The van der Waals surface area contributed by atoms with E-state index in [2.05, 4.69) is 25.8 Å². The van der Waals surface area contributed by atoms with E-state index in [-0.39, 0.29) is 5.54 Å². The Labute approximate surface area is 128 Å². The highest BCUT2D eigenvalue weighted by molar-refractivity contribution is 9.10. The maximum absolute atomic E-state index is 12.9. The minimum Gasteiger partial charge on any atom is -0.297 e. The van der Waals surface area contributed by atoms with Crippen LogP contribution in [0.1, 0.15) is 44.2 Å². The molecule has 1 saturated heterocycles. The number of ketones is 1. The van der Waals surface area contributed by atoms with Crippen molar-refractivity contribution in [3.8, 4) is 0 Å². The molecule has 1 aliphatic heterocycles. The van der Waals surface area contributed by atoms with Crippen LogP contribution in [-0.2, 0) is 11.2 Å². The molecule has 0 aromatic carbocycles. The monoisotopic (exact) mass is 336 g/mol. The molecule has 2 fully saturated rings. The molecule has 2 heterocycles. The average Bonchev–Trinajstić information content (AvgIpc) is 3.12. The molecule has 20 heavy (non-hydrogen) atoms. The quantitative estimate of drug-likeness (QED) is 0.845. The highest BCUT2D eigenvalue weighted by atomic mass is 79.9. The zero-order valence-corrected chi connectivity index (χ0v) is 13.4. The lowest BCUT2D eigenvalue weighted by Crippen LogP contribution is -2.52. The Bertz CT molecular complexity index is 474. The van der Waals surface area contributed by atoms with Gasteiger partial charge in [0.2, 0.25) is 0 Å². The van der Waals surface area contributed by atoms with E-state index in [0.717, 1.165) is 36.1 Å². The second-order valence-corrected chi connectivity index (χ2v) is 6.92. The Morgan fingerprint density at radius 2 is 1.90 bits per heavy atom. The van der Waals surface area contributed by atoms with Gasteiger partial charge in [-0.1, -0.05) is 12.8 Å². The van der Waals surface area contributed by atoms with E-state index < -0.39 is 0 Å². The lowest BCUT2D eigenvalue weighted by Gasteiger charge is -2.37. The smallest absolute Gasteiger partial charge is 0.159 e. The second-order valence-electron chi connectivity index (χ2n) is 6.00. The first-order chi connectivity index (χ1) is 9.71. The maximum atomic E-state index is 12.9. The Hall–Kier alpha value is -0.740. The van der Waals surface area contributed by atoms with Crippen LogP contribution in [0.3, 0.4) is 0 Å². The molecule has 3 nitrogen and oxygen atoms in total. The first-order valence-corrected chi connectivity index (χ1v) is 8.39. The van der Waals surface area contributed by atoms with E-state index in [4.69, 9.17) is 0 Å². The molecule has 1 aromatic heterocycles. The van der Waals surface area contributed by atoms with E-state index in [0.29, 0.717) is 12.2 Å². The number of carbonyl (C=O) groups excluding carboxylic acids is 1. The van der Waals surface area contributed by atoms with Crippen LogP contribution in [0.15, 0.2) is 22.8 Å². The first-order valence-electron chi connectivity index (χ1n) is 7.59. The van der Waals surface area contributed by atoms with Crippen molar-refractivity contribution in [2.75, 3.05) is 13.1 Å². The van der Waals surface area contributed by atoms with Crippen molar-refractivity contribution in [3.05, 3.63) is 28.5 Å². The number of Topliss-reactive ketones (excluding diaryl/α,β-unsaturated/α-hetero) is 1. The van der Waals surface area contributed by atoms with Crippen molar-refractivity contribution < 1.29 is 4.79 Å². The summed E-state index contributed by atoms with van der Waals surface area (Å²) in [5.74, 6) is 0.381. The minimum absolute atomic E-state index is 0.175. The number of halogens is 1. The van der Waals surface area contributed by atoms with Gasteiger partial charge < -0.3 is 0 Å². The van der Waals surface area contributed by atoms with Gasteiger partial charge in [0, 0.05) is 16.4 Å². The molecule has 3 rings (SSSR count). The molecule has 4 heteroatoms. The number of carbonyl (C=O) groups is 1. The van der Waals surface area contributed by atoms with Crippen molar-refractivity contribution in [1.29, 1.82) is 0 Å². The van der Waals surface area contributed by atoms with Gasteiger partial charge in [-0.15, -0.1) is 0 Å². The molecular weight excluding hydrogens is 316 g/mol. The summed E-state index contributed by atoms with van der Waals surface area (Å²) in [4.78, 5) is 19.7. The Kier molecular flexibility index (Phi) is 4.22. The van der Waals surface area contributed by atoms with Crippen LogP contribution in [0, 0.1) is 0 Å². The third-order valence-corrected chi connectivity index (χ3v) is 5.26. The van der Waals surface area contributed by atoms with Crippen LogP contribution in [0.5, 0.6) is 0 Å². The van der Waals surface area contributed by atoms with Crippen LogP contribution < -0.4 is 0 Å². The first kappa shape index (κ1) is 14.2. The Morgan fingerprint density at radius 1 is 1.20 bits per heavy atom. The number of hydrogen-bond acceptors (Lipinski definition) is 3. The van der Waals surface area contributed by atoms with Crippen LogP contribution >= 0.6 is 15.9 Å².